The van der Waals surface area contributed by atoms with E-state index in [0.29, 0.717) is 39.9 Å². The molecule has 4 rings (SSSR count). The Hall–Kier alpha value is -3.59. The van der Waals surface area contributed by atoms with E-state index in [1.165, 1.54) is 30.3 Å². The summed E-state index contributed by atoms with van der Waals surface area (Å²) in [5, 5.41) is 3.51. The molecule has 0 aliphatic rings. The number of fused-ring (bicyclic) bond motifs is 1. The Bertz CT molecular complexity index is 1910. The highest BCUT2D eigenvalue weighted by molar-refractivity contribution is 7.92. The summed E-state index contributed by atoms with van der Waals surface area (Å²) in [4.78, 5) is 15.4. The molecular formula is C33H36ClF4N3O5S2. The maximum Gasteiger partial charge on any atom is 0.573 e. The van der Waals surface area contributed by atoms with Gasteiger partial charge in [-0.25, -0.2) is 12.8 Å². The molecule has 260 valence electrons. The van der Waals surface area contributed by atoms with Gasteiger partial charge >= 0.3 is 6.36 Å². The number of benzene rings is 3. The number of hydrogen-bond acceptors (Lipinski definition) is 7. The van der Waals surface area contributed by atoms with E-state index in [9.17, 15) is 30.8 Å². The van der Waals surface area contributed by atoms with Crippen molar-refractivity contribution in [3.8, 4) is 11.5 Å². The van der Waals surface area contributed by atoms with Crippen LogP contribution in [-0.4, -0.2) is 58.1 Å². The van der Waals surface area contributed by atoms with E-state index in [1.807, 2.05) is 19.0 Å². The number of halogens is 5. The number of hydrogen-bond donors (Lipinski definition) is 2. The van der Waals surface area contributed by atoms with Gasteiger partial charge in [0.2, 0.25) is 10.0 Å². The monoisotopic (exact) mass is 729 g/mol. The lowest BCUT2D eigenvalue weighted by Crippen LogP contribution is -2.22. The van der Waals surface area contributed by atoms with Crippen LogP contribution >= 0.6 is 22.9 Å². The largest absolute Gasteiger partial charge is 0.573 e. The quantitative estimate of drug-likeness (QED) is 0.134. The fourth-order valence-corrected chi connectivity index (χ4v) is 7.19. The van der Waals surface area contributed by atoms with Gasteiger partial charge in [-0.15, -0.1) is 24.5 Å². The lowest BCUT2D eigenvalue weighted by Gasteiger charge is -2.28. The minimum Gasteiger partial charge on any atom is -0.491 e. The zero-order chi connectivity index (χ0) is 35.6. The van der Waals surface area contributed by atoms with E-state index >= 15 is 0 Å². The van der Waals surface area contributed by atoms with Crippen molar-refractivity contribution < 1.29 is 40.2 Å². The summed E-state index contributed by atoms with van der Waals surface area (Å²) in [5.74, 6) is -1.74. The summed E-state index contributed by atoms with van der Waals surface area (Å²) in [6.45, 7) is 7.61. The first-order chi connectivity index (χ1) is 22.2. The van der Waals surface area contributed by atoms with Gasteiger partial charge in [-0.2, -0.15) is 0 Å². The van der Waals surface area contributed by atoms with Crippen LogP contribution in [0.1, 0.15) is 54.9 Å². The molecule has 2 N–H and O–H groups in total. The standard InChI is InChI=1S/C33H36ClF4N3O5S2/c1-19(2)45-25-14-22(15-26(17-25)46-33(36,37)38)32(3,4)21-12-23(34)16-24(13-21)39-31(42)30-11-20-10-28(27(35)18-29(20)47-30)40-48(43,44)9-7-8-41(5)6/h10-19,40H,7-9H2,1-6H3,(H,39,42). The number of carbonyl (C=O) groups is 1. The number of rotatable bonds is 13. The molecule has 0 aliphatic heterocycles. The van der Waals surface area contributed by atoms with Crippen LogP contribution in [0.25, 0.3) is 10.1 Å². The zero-order valence-electron chi connectivity index (χ0n) is 27.1. The fourth-order valence-electron chi connectivity index (χ4n) is 4.89. The van der Waals surface area contributed by atoms with Crippen LogP contribution in [0.2, 0.25) is 5.02 Å². The van der Waals surface area contributed by atoms with E-state index in [1.54, 1.807) is 45.9 Å². The predicted octanol–water partition coefficient (Wildman–Crippen LogP) is 8.65. The van der Waals surface area contributed by atoms with Gasteiger partial charge in [-0.1, -0.05) is 25.4 Å². The molecule has 1 amide bonds. The van der Waals surface area contributed by atoms with E-state index in [-0.39, 0.29) is 33.2 Å². The molecule has 1 heterocycles. The van der Waals surface area contributed by atoms with Crippen LogP contribution < -0.4 is 19.5 Å². The van der Waals surface area contributed by atoms with Gasteiger partial charge in [0.1, 0.15) is 17.3 Å². The van der Waals surface area contributed by atoms with Crippen molar-refractivity contribution in [3.05, 3.63) is 81.4 Å². The molecule has 0 atom stereocenters. The second kappa shape index (κ2) is 14.5. The highest BCUT2D eigenvalue weighted by atomic mass is 35.5. The van der Waals surface area contributed by atoms with Gasteiger partial charge in [-0.3, -0.25) is 9.52 Å². The number of ether oxygens (including phenoxy) is 2. The molecule has 0 saturated carbocycles. The third-order valence-electron chi connectivity index (χ3n) is 7.20. The number of anilines is 2. The number of amides is 1. The normalized spacial score (nSPS) is 12.5. The molecule has 48 heavy (non-hydrogen) atoms. The summed E-state index contributed by atoms with van der Waals surface area (Å²) in [5.41, 5.74) is 0.175. The second-order valence-corrected chi connectivity index (χ2v) is 15.6. The van der Waals surface area contributed by atoms with E-state index < -0.39 is 39.3 Å². The summed E-state index contributed by atoms with van der Waals surface area (Å²) >= 11 is 7.46. The number of nitrogens with one attached hydrogen (secondary N) is 2. The molecule has 8 nitrogen and oxygen atoms in total. The van der Waals surface area contributed by atoms with Crippen LogP contribution in [0, 0.1) is 5.82 Å². The third-order valence-corrected chi connectivity index (χ3v) is 9.87. The van der Waals surface area contributed by atoms with Gasteiger partial charge < -0.3 is 19.7 Å². The van der Waals surface area contributed by atoms with Crippen molar-refractivity contribution in [1.29, 1.82) is 0 Å². The van der Waals surface area contributed by atoms with E-state index in [0.717, 1.165) is 17.4 Å². The van der Waals surface area contributed by atoms with Crippen LogP contribution in [0.15, 0.2) is 54.6 Å². The molecule has 3 aromatic carbocycles. The van der Waals surface area contributed by atoms with E-state index in [4.69, 9.17) is 16.3 Å². The summed E-state index contributed by atoms with van der Waals surface area (Å²) in [7, 11) is -0.154. The molecule has 0 radical (unpaired) electrons. The highest BCUT2D eigenvalue weighted by Crippen LogP contribution is 2.40. The average Bonchev–Trinajstić information content (AvgIpc) is 3.33. The molecule has 1 aromatic heterocycles. The smallest absolute Gasteiger partial charge is 0.491 e. The summed E-state index contributed by atoms with van der Waals surface area (Å²) in [6.07, 6.45) is -4.86. The fraction of sp³-hybridized carbons (Fsp3) is 0.364. The van der Waals surface area contributed by atoms with Crippen molar-refractivity contribution in [2.75, 3.05) is 36.4 Å². The molecule has 0 unspecified atom stereocenters. The van der Waals surface area contributed by atoms with Crippen molar-refractivity contribution >= 4 is 60.3 Å². The lowest BCUT2D eigenvalue weighted by atomic mass is 9.78. The molecule has 0 saturated heterocycles. The second-order valence-electron chi connectivity index (χ2n) is 12.3. The first-order valence-electron chi connectivity index (χ1n) is 14.8. The Labute approximate surface area is 286 Å². The first kappa shape index (κ1) is 37.2. The van der Waals surface area contributed by atoms with Gasteiger partial charge in [0.25, 0.3) is 5.91 Å². The van der Waals surface area contributed by atoms with Crippen molar-refractivity contribution in [2.24, 2.45) is 0 Å². The summed E-state index contributed by atoms with van der Waals surface area (Å²) in [6, 6.07) is 12.9. The van der Waals surface area contributed by atoms with Crippen LogP contribution in [0.4, 0.5) is 28.9 Å². The molecule has 0 fully saturated rings. The van der Waals surface area contributed by atoms with Crippen LogP contribution in [0.3, 0.4) is 0 Å². The maximum absolute atomic E-state index is 14.9. The van der Waals surface area contributed by atoms with Crippen molar-refractivity contribution in [1.82, 2.24) is 4.90 Å². The van der Waals surface area contributed by atoms with Gasteiger partial charge in [0, 0.05) is 26.9 Å². The SMILES string of the molecule is CC(C)Oc1cc(OC(F)(F)F)cc(C(C)(C)c2cc(Cl)cc(NC(=O)c3cc4cc(NS(=O)(=O)CCCN(C)C)c(F)cc4s3)c2)c1. The third kappa shape index (κ3) is 9.97. The Kier molecular flexibility index (Phi) is 11.2. The minimum atomic E-state index is -4.91. The Morgan fingerprint density at radius 2 is 1.65 bits per heavy atom. The molecule has 4 aromatic rings. The minimum absolute atomic E-state index is 0.183. The van der Waals surface area contributed by atoms with Crippen LogP contribution in [-0.2, 0) is 15.4 Å². The average molecular weight is 730 g/mol. The number of nitrogens with zero attached hydrogens (tertiary/aromatic N) is 1. The molecule has 0 bridgehead atoms. The van der Waals surface area contributed by atoms with Gasteiger partial charge in [0.05, 0.1) is 22.4 Å². The molecule has 0 aliphatic carbocycles. The van der Waals surface area contributed by atoms with Crippen LogP contribution in [0.5, 0.6) is 11.5 Å². The number of sulfonamides is 1. The Morgan fingerprint density at radius 3 is 2.29 bits per heavy atom. The topological polar surface area (TPSA) is 97.0 Å². The summed E-state index contributed by atoms with van der Waals surface area (Å²) < 4.78 is 91.9. The molecular weight excluding hydrogens is 694 g/mol. The molecule has 15 heteroatoms. The van der Waals surface area contributed by atoms with Crippen molar-refractivity contribution in [3.63, 3.8) is 0 Å². The highest BCUT2D eigenvalue weighted by Gasteiger charge is 2.33. The maximum atomic E-state index is 14.9. The Morgan fingerprint density at radius 1 is 0.979 bits per heavy atom. The van der Waals surface area contributed by atoms with Gasteiger partial charge in [-0.05, 0) is 106 Å². The molecule has 0 spiro atoms. The van der Waals surface area contributed by atoms with Crippen molar-refractivity contribution in [2.45, 2.75) is 52.0 Å². The number of carbonyl (C=O) groups excluding carboxylic acids is 1. The number of thiophene rings is 1. The van der Waals surface area contributed by atoms with Gasteiger partial charge in [0.15, 0.2) is 0 Å². The van der Waals surface area contributed by atoms with E-state index in [2.05, 4.69) is 14.8 Å². The first-order valence-corrected chi connectivity index (χ1v) is 17.6. The number of alkyl halides is 3. The lowest BCUT2D eigenvalue weighted by molar-refractivity contribution is -0.274. The Balaban J connectivity index is 1.59. The predicted molar refractivity (Wildman–Crippen MR) is 183 cm³/mol. The zero-order valence-corrected chi connectivity index (χ0v) is 29.5.